The molecule has 42 heavy (non-hydrogen) atoms. The zero-order valence-electron chi connectivity index (χ0n) is 23.7. The van der Waals surface area contributed by atoms with Gasteiger partial charge in [0.15, 0.2) is 12.1 Å². The van der Waals surface area contributed by atoms with Crippen molar-refractivity contribution in [1.82, 2.24) is 4.57 Å². The van der Waals surface area contributed by atoms with Crippen molar-refractivity contribution < 1.29 is 29.3 Å². The third-order valence-electron chi connectivity index (χ3n) is 6.54. The number of carboxylic acid groups (broad SMARTS) is 2. The molecule has 4 rings (SSSR count). The summed E-state index contributed by atoms with van der Waals surface area (Å²) in [4.78, 5) is 25.1. The van der Waals surface area contributed by atoms with Gasteiger partial charge in [0.2, 0.25) is 0 Å². The van der Waals surface area contributed by atoms with Gasteiger partial charge in [-0.05, 0) is 49.6 Å². The highest BCUT2D eigenvalue weighted by Crippen LogP contribution is 2.28. The van der Waals surface area contributed by atoms with E-state index < -0.39 is 24.1 Å². The fourth-order valence-corrected chi connectivity index (χ4v) is 4.50. The van der Waals surface area contributed by atoms with Gasteiger partial charge < -0.3 is 41.5 Å². The molecule has 0 saturated heterocycles. The van der Waals surface area contributed by atoms with Crippen molar-refractivity contribution >= 4 is 39.7 Å². The van der Waals surface area contributed by atoms with Gasteiger partial charge in [0.25, 0.3) is 0 Å². The second-order valence-electron chi connectivity index (χ2n) is 9.56. The highest BCUT2D eigenvalue weighted by atomic mass is 16.5. The number of aromatic nitrogens is 1. The number of nitrogens with two attached hydrogens (primary N) is 3. The van der Waals surface area contributed by atoms with Gasteiger partial charge in [-0.15, -0.1) is 0 Å². The first-order chi connectivity index (χ1) is 20.2. The van der Waals surface area contributed by atoms with Crippen LogP contribution in [0.25, 0.3) is 21.8 Å². The Labute approximate surface area is 244 Å². The number of para-hydroxylation sites is 2. The van der Waals surface area contributed by atoms with E-state index in [0.29, 0.717) is 39.0 Å². The van der Waals surface area contributed by atoms with Gasteiger partial charge in [0.05, 0.1) is 6.54 Å². The van der Waals surface area contributed by atoms with E-state index >= 15 is 0 Å². The average Bonchev–Trinajstić information content (AvgIpc) is 3.29. The summed E-state index contributed by atoms with van der Waals surface area (Å²) < 4.78 is 13.5. The topological polar surface area (TPSA) is 188 Å². The summed E-state index contributed by atoms with van der Waals surface area (Å²) in [5.74, 6) is -1.16. The van der Waals surface area contributed by atoms with Gasteiger partial charge in [0, 0.05) is 41.4 Å². The van der Waals surface area contributed by atoms with E-state index in [1.54, 1.807) is 6.92 Å². The van der Waals surface area contributed by atoms with Crippen molar-refractivity contribution in [2.75, 3.05) is 19.8 Å². The molecule has 1 heterocycles. The lowest BCUT2D eigenvalue weighted by atomic mass is 10.1. The minimum Gasteiger partial charge on any atom is -0.492 e. The van der Waals surface area contributed by atoms with Crippen LogP contribution in [0.5, 0.6) is 5.75 Å². The Morgan fingerprint density at radius 1 is 0.905 bits per heavy atom. The van der Waals surface area contributed by atoms with Crippen molar-refractivity contribution in [3.8, 4) is 5.75 Å². The molecule has 0 radical (unpaired) electrons. The average molecular weight is 578 g/mol. The van der Waals surface area contributed by atoms with Crippen molar-refractivity contribution in [1.29, 1.82) is 0 Å². The van der Waals surface area contributed by atoms with Gasteiger partial charge in [-0.25, -0.2) is 4.79 Å². The third-order valence-corrected chi connectivity index (χ3v) is 6.54. The lowest BCUT2D eigenvalue weighted by Crippen LogP contribution is -2.30. The minimum absolute atomic E-state index is 0.0129. The van der Waals surface area contributed by atoms with Crippen LogP contribution in [0.3, 0.4) is 0 Å². The standard InChI is InChI=1S/C25H25NO4.C6H14N4O2/c1-2-29-24(25(27)28)17-18-11-13-19(14-12-18)30-16-15-26-22-9-5-3-7-20(22)21-8-4-6-10-23(21)26;7-4(5(11)12)2-1-3-10-6(8)9/h3-14,24H,2,15-17H2,1H3,(H,27,28);4H,1-3,7H2,(H,11,12)(H4,8,9,10)/t24-;4-/m00/s1. The van der Waals surface area contributed by atoms with Crippen molar-refractivity contribution in [2.24, 2.45) is 22.2 Å². The molecular weight excluding hydrogens is 538 g/mol. The summed E-state index contributed by atoms with van der Waals surface area (Å²) in [5, 5.41) is 20.1. The van der Waals surface area contributed by atoms with E-state index in [9.17, 15) is 14.7 Å². The van der Waals surface area contributed by atoms with Crippen molar-refractivity contribution in [2.45, 2.75) is 44.9 Å². The van der Waals surface area contributed by atoms with E-state index in [-0.39, 0.29) is 5.96 Å². The molecule has 11 nitrogen and oxygen atoms in total. The first-order valence-electron chi connectivity index (χ1n) is 13.8. The number of hydrogen-bond donors (Lipinski definition) is 5. The number of nitrogens with zero attached hydrogens (tertiary/aromatic N) is 2. The number of carboxylic acids is 2. The van der Waals surface area contributed by atoms with Crippen LogP contribution in [0.1, 0.15) is 25.3 Å². The summed E-state index contributed by atoms with van der Waals surface area (Å²) in [6.45, 7) is 3.87. The highest BCUT2D eigenvalue weighted by molar-refractivity contribution is 6.07. The quantitative estimate of drug-likeness (QED) is 0.0850. The molecule has 3 aromatic carbocycles. The number of ether oxygens (including phenoxy) is 2. The lowest BCUT2D eigenvalue weighted by Gasteiger charge is -2.13. The smallest absolute Gasteiger partial charge is 0.333 e. The highest BCUT2D eigenvalue weighted by Gasteiger charge is 2.18. The Hall–Kier alpha value is -4.61. The second-order valence-corrected chi connectivity index (χ2v) is 9.56. The Morgan fingerprint density at radius 2 is 1.50 bits per heavy atom. The molecule has 0 aliphatic rings. The molecule has 0 saturated carbocycles. The zero-order chi connectivity index (χ0) is 30.5. The van der Waals surface area contributed by atoms with Crippen LogP contribution in [-0.2, 0) is 27.3 Å². The maximum Gasteiger partial charge on any atom is 0.333 e. The number of rotatable bonds is 14. The molecule has 0 aliphatic carbocycles. The molecule has 0 spiro atoms. The van der Waals surface area contributed by atoms with Crippen LogP contribution in [-0.4, -0.2) is 64.6 Å². The largest absolute Gasteiger partial charge is 0.492 e. The van der Waals surface area contributed by atoms with Crippen LogP contribution < -0.4 is 21.9 Å². The molecule has 11 heteroatoms. The molecule has 4 aromatic rings. The molecular formula is C31H39N5O6. The molecule has 0 amide bonds. The first-order valence-corrected chi connectivity index (χ1v) is 13.8. The zero-order valence-corrected chi connectivity index (χ0v) is 23.7. The number of hydrogen-bond acceptors (Lipinski definition) is 6. The van der Waals surface area contributed by atoms with Gasteiger partial charge >= 0.3 is 11.9 Å². The predicted octanol–water partition coefficient (Wildman–Crippen LogP) is 3.36. The number of aliphatic imine (C=N–C) groups is 1. The summed E-state index contributed by atoms with van der Waals surface area (Å²) in [6.07, 6.45) is 0.472. The van der Waals surface area contributed by atoms with E-state index in [0.717, 1.165) is 17.9 Å². The maximum absolute atomic E-state index is 11.2. The Balaban J connectivity index is 0.000000343. The molecule has 0 bridgehead atoms. The van der Waals surface area contributed by atoms with Crippen molar-refractivity contribution in [3.63, 3.8) is 0 Å². The Kier molecular flexibility index (Phi) is 12.1. The van der Waals surface area contributed by atoms with E-state index in [1.165, 1.54) is 21.8 Å². The summed E-state index contributed by atoms with van der Waals surface area (Å²) in [6, 6.07) is 23.6. The minimum atomic E-state index is -1.00. The Bertz CT molecular complexity index is 1430. The molecule has 8 N–H and O–H groups in total. The van der Waals surface area contributed by atoms with Gasteiger partial charge in [-0.2, -0.15) is 0 Å². The fourth-order valence-electron chi connectivity index (χ4n) is 4.50. The van der Waals surface area contributed by atoms with Gasteiger partial charge in [-0.1, -0.05) is 48.5 Å². The van der Waals surface area contributed by atoms with Crippen LogP contribution in [0.2, 0.25) is 0 Å². The number of carbonyl (C=O) groups is 2. The van der Waals surface area contributed by atoms with Crippen molar-refractivity contribution in [3.05, 3.63) is 78.4 Å². The SMILES string of the molecule is CCO[C@@H](Cc1ccc(OCCn2c3ccccc3c3ccccc32)cc1)C(=O)O.NC(N)=NCCC[C@H](N)C(=O)O. The Morgan fingerprint density at radius 3 is 2.02 bits per heavy atom. The lowest BCUT2D eigenvalue weighted by molar-refractivity contribution is -0.150. The van der Waals surface area contributed by atoms with Gasteiger partial charge in [0.1, 0.15) is 18.4 Å². The van der Waals surface area contributed by atoms with Crippen LogP contribution in [0, 0.1) is 0 Å². The molecule has 2 atom stereocenters. The second kappa shape index (κ2) is 16.0. The monoisotopic (exact) mass is 577 g/mol. The van der Waals surface area contributed by atoms with Crippen LogP contribution >= 0.6 is 0 Å². The first kappa shape index (κ1) is 31.9. The number of aliphatic carboxylic acids is 2. The summed E-state index contributed by atoms with van der Waals surface area (Å²) >= 11 is 0. The number of guanidine groups is 1. The molecule has 0 aliphatic heterocycles. The molecule has 0 unspecified atom stereocenters. The van der Waals surface area contributed by atoms with E-state index in [4.69, 9.17) is 31.8 Å². The molecule has 224 valence electrons. The summed E-state index contributed by atoms with van der Waals surface area (Å²) in [7, 11) is 0. The van der Waals surface area contributed by atoms with Crippen LogP contribution in [0.4, 0.5) is 0 Å². The normalized spacial score (nSPS) is 12.2. The fraction of sp³-hybridized carbons (Fsp3) is 0.323. The predicted molar refractivity (Wildman–Crippen MR) is 164 cm³/mol. The van der Waals surface area contributed by atoms with Crippen LogP contribution in [0.15, 0.2) is 77.8 Å². The maximum atomic E-state index is 11.2. The summed E-state index contributed by atoms with van der Waals surface area (Å²) in [5.41, 5.74) is 18.6. The molecule has 1 aromatic heterocycles. The van der Waals surface area contributed by atoms with E-state index in [2.05, 4.69) is 58.1 Å². The number of fused-ring (bicyclic) bond motifs is 3. The van der Waals surface area contributed by atoms with E-state index in [1.807, 2.05) is 24.3 Å². The number of benzene rings is 3. The van der Waals surface area contributed by atoms with Gasteiger partial charge in [-0.3, -0.25) is 9.79 Å². The third kappa shape index (κ3) is 9.22. The molecule has 0 fully saturated rings.